The van der Waals surface area contributed by atoms with Crippen LogP contribution in [0.1, 0.15) is 53.4 Å². The van der Waals surface area contributed by atoms with E-state index >= 15 is 0 Å². The average molecular weight is 620 g/mol. The molecule has 4 unspecified atom stereocenters. The van der Waals surface area contributed by atoms with E-state index in [4.69, 9.17) is 0 Å². The first-order valence-electron chi connectivity index (χ1n) is 14.3. The maximum absolute atomic E-state index is 14.0. The number of phenols is 1. The molecule has 4 N–H and O–H groups in total. The quantitative estimate of drug-likeness (QED) is 0.295. The lowest BCUT2D eigenvalue weighted by Crippen LogP contribution is -2.59. The van der Waals surface area contributed by atoms with Crippen LogP contribution in [-0.2, 0) is 16.0 Å². The summed E-state index contributed by atoms with van der Waals surface area (Å²) in [6, 6.07) is 20.0. The number of carbonyl (C=O) groups is 3. The number of fused-ring (bicyclic) bond motifs is 1. The van der Waals surface area contributed by atoms with E-state index in [-0.39, 0.29) is 35.6 Å². The maximum atomic E-state index is 14.0. The molecule has 10 heteroatoms. The molecule has 0 saturated carbocycles. The number of nitrogens with zero attached hydrogens (tertiary/aromatic N) is 1. The predicted molar refractivity (Wildman–Crippen MR) is 170 cm³/mol. The lowest BCUT2D eigenvalue weighted by atomic mass is 9.96. The first-order valence-corrected chi connectivity index (χ1v) is 16.3. The van der Waals surface area contributed by atoms with E-state index in [9.17, 15) is 24.6 Å². The van der Waals surface area contributed by atoms with Crippen molar-refractivity contribution in [3.63, 3.8) is 0 Å². The summed E-state index contributed by atoms with van der Waals surface area (Å²) in [5.74, 6) is -0.303. The van der Waals surface area contributed by atoms with E-state index in [0.717, 1.165) is 28.2 Å². The highest BCUT2D eigenvalue weighted by molar-refractivity contribution is 8.01. The topological polar surface area (TPSA) is 119 Å². The summed E-state index contributed by atoms with van der Waals surface area (Å²) in [5.41, 5.74) is 2.54. The third kappa shape index (κ3) is 6.71. The van der Waals surface area contributed by atoms with Gasteiger partial charge in [-0.05, 0) is 62.9 Å². The number of thioether (sulfide) groups is 2. The van der Waals surface area contributed by atoms with Gasteiger partial charge in [-0.25, -0.2) is 0 Å². The number of aromatic hydroxyl groups is 1. The van der Waals surface area contributed by atoms with Crippen LogP contribution >= 0.6 is 23.5 Å². The van der Waals surface area contributed by atoms with Crippen LogP contribution in [0.15, 0.2) is 77.7 Å². The van der Waals surface area contributed by atoms with Gasteiger partial charge in [0.2, 0.25) is 5.91 Å². The Labute approximate surface area is 260 Å². The standard InChI is InChI=1S/C33H37N3O5S2/c1-20-22(13-9-14-26(20)37)30(39)35-25(18-21-10-5-4-6-11-21)28(38)32(41)36-19-43-33(2,3)29(36)31(40)34-24-16-17-42-27-15-8-7-12-23(24)27/h4-15,24-25,28-29,37-38H,16-19H2,1-3H3,(H,34,40)(H,35,39). The van der Waals surface area contributed by atoms with Crippen LogP contribution in [0.4, 0.5) is 0 Å². The summed E-state index contributed by atoms with van der Waals surface area (Å²) in [7, 11) is 0. The molecule has 8 nitrogen and oxygen atoms in total. The number of aliphatic hydroxyl groups excluding tert-OH is 1. The van der Waals surface area contributed by atoms with Crippen molar-refractivity contribution in [1.82, 2.24) is 15.5 Å². The second-order valence-electron chi connectivity index (χ2n) is 11.5. The largest absolute Gasteiger partial charge is 0.508 e. The van der Waals surface area contributed by atoms with Crippen molar-refractivity contribution in [3.8, 4) is 5.75 Å². The molecule has 0 radical (unpaired) electrons. The minimum absolute atomic E-state index is 0.0201. The number of nitrogens with one attached hydrogen (secondary N) is 2. The third-order valence-corrected chi connectivity index (χ3v) is 10.6. The number of benzene rings is 3. The molecular formula is C33H37N3O5S2. The molecule has 3 aromatic carbocycles. The van der Waals surface area contributed by atoms with E-state index in [1.54, 1.807) is 30.8 Å². The Kier molecular flexibility index (Phi) is 9.39. The molecule has 3 amide bonds. The minimum Gasteiger partial charge on any atom is -0.508 e. The SMILES string of the molecule is Cc1c(O)cccc1C(=O)NC(Cc1ccccc1)C(O)C(=O)N1CSC(C)(C)C1C(=O)NC1CCSc2ccccc21. The van der Waals surface area contributed by atoms with Crippen LogP contribution in [0.3, 0.4) is 0 Å². The van der Waals surface area contributed by atoms with Crippen LogP contribution in [0.25, 0.3) is 0 Å². The number of hydrogen-bond donors (Lipinski definition) is 4. The number of aliphatic hydroxyl groups is 1. The zero-order valence-corrected chi connectivity index (χ0v) is 26.1. The summed E-state index contributed by atoms with van der Waals surface area (Å²) in [6.45, 7) is 5.49. The van der Waals surface area contributed by atoms with E-state index in [2.05, 4.69) is 16.7 Å². The molecule has 2 aliphatic heterocycles. The fourth-order valence-corrected chi connectivity index (χ4v) is 7.99. The molecule has 0 aliphatic carbocycles. The van der Waals surface area contributed by atoms with Gasteiger partial charge in [-0.15, -0.1) is 23.5 Å². The molecule has 43 heavy (non-hydrogen) atoms. The maximum Gasteiger partial charge on any atom is 0.254 e. The minimum atomic E-state index is -1.61. The first-order chi connectivity index (χ1) is 20.6. The smallest absolute Gasteiger partial charge is 0.254 e. The van der Waals surface area contributed by atoms with Gasteiger partial charge in [0.05, 0.1) is 18.0 Å². The van der Waals surface area contributed by atoms with E-state index in [0.29, 0.717) is 5.56 Å². The van der Waals surface area contributed by atoms with Gasteiger partial charge < -0.3 is 25.7 Å². The van der Waals surface area contributed by atoms with Gasteiger partial charge in [0, 0.05) is 26.5 Å². The van der Waals surface area contributed by atoms with Gasteiger partial charge in [-0.2, -0.15) is 0 Å². The molecule has 1 saturated heterocycles. The summed E-state index contributed by atoms with van der Waals surface area (Å²) >= 11 is 3.25. The molecule has 3 aromatic rings. The zero-order chi connectivity index (χ0) is 30.7. The molecule has 0 aromatic heterocycles. The number of amides is 3. The van der Waals surface area contributed by atoms with Crippen LogP contribution in [0.5, 0.6) is 5.75 Å². The summed E-state index contributed by atoms with van der Waals surface area (Å²) in [4.78, 5) is 43.8. The molecular weight excluding hydrogens is 583 g/mol. The predicted octanol–water partition coefficient (Wildman–Crippen LogP) is 4.44. The molecule has 0 bridgehead atoms. The normalized spacial score (nSPS) is 20.5. The fourth-order valence-electron chi connectivity index (χ4n) is 5.72. The highest BCUT2D eigenvalue weighted by Crippen LogP contribution is 2.41. The lowest BCUT2D eigenvalue weighted by molar-refractivity contribution is -0.147. The van der Waals surface area contributed by atoms with Crippen molar-refractivity contribution in [2.45, 2.75) is 67.5 Å². The average Bonchev–Trinajstić information content (AvgIpc) is 3.32. The Bertz CT molecular complexity index is 1500. The second kappa shape index (κ2) is 13.0. The number of rotatable bonds is 8. The van der Waals surface area contributed by atoms with Gasteiger partial charge in [-0.1, -0.05) is 54.6 Å². The van der Waals surface area contributed by atoms with Gasteiger partial charge in [0.25, 0.3) is 11.8 Å². The van der Waals surface area contributed by atoms with Crippen LogP contribution in [0.2, 0.25) is 0 Å². The molecule has 2 aliphatic rings. The highest BCUT2D eigenvalue weighted by atomic mass is 32.2. The molecule has 226 valence electrons. The van der Waals surface area contributed by atoms with Crippen LogP contribution in [-0.4, -0.2) is 67.4 Å². The number of phenolic OH excluding ortho intramolecular Hbond substituents is 1. The summed E-state index contributed by atoms with van der Waals surface area (Å²) < 4.78 is -0.598. The Morgan fingerprint density at radius 2 is 1.74 bits per heavy atom. The monoisotopic (exact) mass is 619 g/mol. The summed E-state index contributed by atoms with van der Waals surface area (Å²) in [5, 5.41) is 27.7. The Hall–Kier alpha value is -3.47. The molecule has 5 rings (SSSR count). The second-order valence-corrected chi connectivity index (χ2v) is 14.2. The van der Waals surface area contributed by atoms with E-state index in [1.807, 2.05) is 62.4 Å². The van der Waals surface area contributed by atoms with Gasteiger partial charge in [-0.3, -0.25) is 14.4 Å². The van der Waals surface area contributed by atoms with Crippen molar-refractivity contribution in [1.29, 1.82) is 0 Å². The number of hydrogen-bond acceptors (Lipinski definition) is 7. The zero-order valence-electron chi connectivity index (χ0n) is 24.4. The molecule has 1 fully saturated rings. The number of carbonyl (C=O) groups excluding carboxylic acids is 3. The Morgan fingerprint density at radius 1 is 1.02 bits per heavy atom. The van der Waals surface area contributed by atoms with Crippen LogP contribution < -0.4 is 10.6 Å². The van der Waals surface area contributed by atoms with E-state index < -0.39 is 34.7 Å². The Morgan fingerprint density at radius 3 is 2.51 bits per heavy atom. The molecule has 4 atom stereocenters. The van der Waals surface area contributed by atoms with Crippen LogP contribution in [0, 0.1) is 6.92 Å². The van der Waals surface area contributed by atoms with Crippen molar-refractivity contribution in [2.24, 2.45) is 0 Å². The fraction of sp³-hybridized carbons (Fsp3) is 0.364. The molecule has 2 heterocycles. The van der Waals surface area contributed by atoms with Gasteiger partial charge in [0.1, 0.15) is 11.8 Å². The van der Waals surface area contributed by atoms with Crippen molar-refractivity contribution in [2.75, 3.05) is 11.6 Å². The van der Waals surface area contributed by atoms with Crippen molar-refractivity contribution < 1.29 is 24.6 Å². The lowest BCUT2D eigenvalue weighted by Gasteiger charge is -2.35. The highest BCUT2D eigenvalue weighted by Gasteiger charge is 2.50. The third-order valence-electron chi connectivity index (χ3n) is 8.15. The van der Waals surface area contributed by atoms with Crippen molar-refractivity contribution in [3.05, 3.63) is 95.1 Å². The molecule has 0 spiro atoms. The summed E-state index contributed by atoms with van der Waals surface area (Å²) in [6.07, 6.45) is -0.641. The van der Waals surface area contributed by atoms with Gasteiger partial charge >= 0.3 is 0 Å². The van der Waals surface area contributed by atoms with Crippen molar-refractivity contribution >= 4 is 41.2 Å². The van der Waals surface area contributed by atoms with Gasteiger partial charge in [0.15, 0.2) is 6.10 Å². The first kappa shape index (κ1) is 31.0. The Balaban J connectivity index is 1.38. The van der Waals surface area contributed by atoms with E-state index in [1.165, 1.54) is 22.7 Å².